The molecule has 1 amide bonds. The first-order valence-corrected chi connectivity index (χ1v) is 12.6. The number of fused-ring (bicyclic) bond motifs is 1. The molecule has 0 atom stereocenters. The van der Waals surface area contributed by atoms with Crippen LogP contribution in [0.4, 0.5) is 23.1 Å². The molecule has 3 heterocycles. The fourth-order valence-electron chi connectivity index (χ4n) is 4.95. The molecule has 0 radical (unpaired) electrons. The Labute approximate surface area is 220 Å². The van der Waals surface area contributed by atoms with Crippen molar-refractivity contribution in [1.82, 2.24) is 14.9 Å². The number of benzene rings is 2. The monoisotopic (exact) mass is 526 g/mol. The number of amides is 1. The molecule has 0 bridgehead atoms. The highest BCUT2D eigenvalue weighted by atomic mass is 35.5. The lowest BCUT2D eigenvalue weighted by Crippen LogP contribution is -2.46. The van der Waals surface area contributed by atoms with Crippen LogP contribution >= 0.6 is 23.2 Å². The van der Waals surface area contributed by atoms with Crippen LogP contribution in [0, 0.1) is 0 Å². The molecule has 1 saturated heterocycles. The Morgan fingerprint density at radius 3 is 2.53 bits per heavy atom. The van der Waals surface area contributed by atoms with E-state index >= 15 is 0 Å². The lowest BCUT2D eigenvalue weighted by atomic mass is 9.86. The number of rotatable bonds is 5. The molecule has 0 spiro atoms. The van der Waals surface area contributed by atoms with Crippen LogP contribution in [0.5, 0.6) is 0 Å². The van der Waals surface area contributed by atoms with E-state index in [4.69, 9.17) is 23.2 Å². The van der Waals surface area contributed by atoms with Crippen molar-refractivity contribution < 1.29 is 9.90 Å². The Morgan fingerprint density at radius 1 is 1.11 bits per heavy atom. The van der Waals surface area contributed by atoms with E-state index in [1.807, 2.05) is 24.1 Å². The zero-order valence-corrected chi connectivity index (χ0v) is 21.7. The van der Waals surface area contributed by atoms with E-state index in [1.165, 1.54) is 16.7 Å². The maximum Gasteiger partial charge on any atom is 0.265 e. The number of hydrogen-bond acceptors (Lipinski definition) is 7. The number of para-hydroxylation sites is 1. The first kappa shape index (κ1) is 24.8. The zero-order chi connectivity index (χ0) is 25.4. The highest BCUT2D eigenvalue weighted by Crippen LogP contribution is 2.38. The van der Waals surface area contributed by atoms with E-state index in [2.05, 4.69) is 33.3 Å². The van der Waals surface area contributed by atoms with Crippen molar-refractivity contribution in [2.45, 2.75) is 25.4 Å². The molecular formula is C26H28Cl2N6O2. The number of aliphatic hydroxyl groups is 1. The topological polar surface area (TPSA) is 84.8 Å². The van der Waals surface area contributed by atoms with Crippen molar-refractivity contribution in [3.63, 3.8) is 0 Å². The molecular weight excluding hydrogens is 499 g/mol. The Bertz CT molecular complexity index is 1280. The molecule has 3 aromatic rings. The number of nitrogens with zero attached hydrogens (tertiary/aromatic N) is 5. The minimum atomic E-state index is -0.269. The maximum absolute atomic E-state index is 13.3. The number of halogens is 2. The van der Waals surface area contributed by atoms with Crippen molar-refractivity contribution in [3.8, 4) is 0 Å². The van der Waals surface area contributed by atoms with Gasteiger partial charge in [0.05, 0.1) is 29.0 Å². The van der Waals surface area contributed by atoms with E-state index in [0.717, 1.165) is 37.2 Å². The molecule has 36 heavy (non-hydrogen) atoms. The number of carbonyl (C=O) groups is 1. The summed E-state index contributed by atoms with van der Waals surface area (Å²) in [6, 6.07) is 11.2. The van der Waals surface area contributed by atoms with Crippen molar-refractivity contribution in [2.75, 3.05) is 49.0 Å². The van der Waals surface area contributed by atoms with Gasteiger partial charge in [-0.15, -0.1) is 0 Å². The fourth-order valence-corrected chi connectivity index (χ4v) is 5.55. The smallest absolute Gasteiger partial charge is 0.265 e. The summed E-state index contributed by atoms with van der Waals surface area (Å²) in [5.74, 6) is 1.07. The second-order valence-corrected chi connectivity index (χ2v) is 10.2. The third-order valence-corrected chi connectivity index (χ3v) is 7.50. The Balaban J connectivity index is 1.38. The van der Waals surface area contributed by atoms with E-state index in [0.29, 0.717) is 39.0 Å². The van der Waals surface area contributed by atoms with Gasteiger partial charge in [0.1, 0.15) is 11.4 Å². The quantitative estimate of drug-likeness (QED) is 0.489. The molecule has 2 N–H and O–H groups in total. The Hall–Kier alpha value is -2.91. The number of piperidine rings is 1. The number of aliphatic hydroxyl groups excluding tert-OH is 1. The molecule has 0 unspecified atom stereocenters. The molecule has 2 aliphatic heterocycles. The van der Waals surface area contributed by atoms with Gasteiger partial charge in [0.2, 0.25) is 5.95 Å². The maximum atomic E-state index is 13.3. The number of anilines is 4. The molecule has 1 aromatic heterocycles. The highest BCUT2D eigenvalue weighted by molar-refractivity contribution is 6.40. The van der Waals surface area contributed by atoms with Gasteiger partial charge in [0.15, 0.2) is 0 Å². The average molecular weight is 527 g/mol. The first-order valence-electron chi connectivity index (χ1n) is 11.9. The van der Waals surface area contributed by atoms with Crippen LogP contribution in [0.25, 0.3) is 0 Å². The fraction of sp³-hybridized carbons (Fsp3) is 0.346. The third-order valence-electron chi connectivity index (χ3n) is 6.89. The van der Waals surface area contributed by atoms with Gasteiger partial charge in [-0.1, -0.05) is 35.3 Å². The van der Waals surface area contributed by atoms with Crippen LogP contribution in [-0.2, 0) is 6.61 Å². The molecule has 0 aliphatic carbocycles. The molecule has 5 rings (SSSR count). The normalized spacial score (nSPS) is 16.9. The lowest BCUT2D eigenvalue weighted by molar-refractivity contribution is 0.0982. The van der Waals surface area contributed by atoms with Crippen molar-refractivity contribution in [1.29, 1.82) is 0 Å². The van der Waals surface area contributed by atoms with Gasteiger partial charge < -0.3 is 20.2 Å². The summed E-state index contributed by atoms with van der Waals surface area (Å²) >= 11 is 12.7. The second-order valence-electron chi connectivity index (χ2n) is 9.35. The van der Waals surface area contributed by atoms with Gasteiger partial charge in [-0.05, 0) is 74.3 Å². The number of likely N-dealkylation sites (tertiary alicyclic amines) is 1. The third kappa shape index (κ3) is 4.74. The van der Waals surface area contributed by atoms with Crippen LogP contribution in [0.1, 0.15) is 40.2 Å². The SMILES string of the molecule is CN1CCC(c2ccc(Nc3ncc4c(n3)N(C)CN(c3c(Cl)cccc3Cl)C4=O)cc2CO)CC1. The van der Waals surface area contributed by atoms with Crippen LogP contribution in [0.15, 0.2) is 42.6 Å². The van der Waals surface area contributed by atoms with Crippen LogP contribution < -0.4 is 15.1 Å². The van der Waals surface area contributed by atoms with E-state index in [-0.39, 0.29) is 19.2 Å². The van der Waals surface area contributed by atoms with Crippen molar-refractivity contribution in [2.24, 2.45) is 0 Å². The van der Waals surface area contributed by atoms with Crippen molar-refractivity contribution >= 4 is 52.3 Å². The summed E-state index contributed by atoms with van der Waals surface area (Å²) in [5, 5.41) is 14.1. The molecule has 1 fully saturated rings. The van der Waals surface area contributed by atoms with Crippen LogP contribution in [0.3, 0.4) is 0 Å². The number of aromatic nitrogens is 2. The Morgan fingerprint density at radius 2 is 1.83 bits per heavy atom. The van der Waals surface area contributed by atoms with Gasteiger partial charge in [0.25, 0.3) is 5.91 Å². The largest absolute Gasteiger partial charge is 0.392 e. The molecule has 10 heteroatoms. The second kappa shape index (κ2) is 10.2. The number of nitrogens with one attached hydrogen (secondary N) is 1. The summed E-state index contributed by atoms with van der Waals surface area (Å²) in [6.07, 6.45) is 3.68. The number of carbonyl (C=O) groups excluding carboxylic acids is 1. The lowest BCUT2D eigenvalue weighted by Gasteiger charge is -2.35. The zero-order valence-electron chi connectivity index (χ0n) is 20.2. The number of hydrogen-bond donors (Lipinski definition) is 2. The summed E-state index contributed by atoms with van der Waals surface area (Å²) in [4.78, 5) is 28.0. The minimum absolute atomic E-state index is 0.0279. The van der Waals surface area contributed by atoms with Gasteiger partial charge in [-0.25, -0.2) is 4.98 Å². The summed E-state index contributed by atoms with van der Waals surface area (Å²) < 4.78 is 0. The minimum Gasteiger partial charge on any atom is -0.392 e. The van der Waals surface area contributed by atoms with E-state index in [1.54, 1.807) is 18.2 Å². The van der Waals surface area contributed by atoms with Crippen molar-refractivity contribution in [3.05, 3.63) is 69.3 Å². The molecule has 8 nitrogen and oxygen atoms in total. The van der Waals surface area contributed by atoms with E-state index in [9.17, 15) is 9.90 Å². The Kier molecular flexibility index (Phi) is 7.03. The molecule has 2 aliphatic rings. The summed E-state index contributed by atoms with van der Waals surface area (Å²) in [5.41, 5.74) is 3.72. The summed E-state index contributed by atoms with van der Waals surface area (Å²) in [7, 11) is 3.99. The van der Waals surface area contributed by atoms with Gasteiger partial charge in [-0.2, -0.15) is 4.98 Å². The summed E-state index contributed by atoms with van der Waals surface area (Å²) in [6.45, 7) is 2.33. The van der Waals surface area contributed by atoms with E-state index < -0.39 is 0 Å². The molecule has 188 valence electrons. The molecule has 0 saturated carbocycles. The first-order chi connectivity index (χ1) is 17.4. The van der Waals surface area contributed by atoms with Crippen LogP contribution in [-0.4, -0.2) is 59.7 Å². The highest BCUT2D eigenvalue weighted by Gasteiger charge is 2.32. The van der Waals surface area contributed by atoms with Gasteiger partial charge in [-0.3, -0.25) is 9.69 Å². The van der Waals surface area contributed by atoms with Gasteiger partial charge >= 0.3 is 0 Å². The predicted molar refractivity (Wildman–Crippen MR) is 144 cm³/mol. The predicted octanol–water partition coefficient (Wildman–Crippen LogP) is 4.88. The standard InChI is InChI=1S/C26H28Cl2N6O2/c1-32-10-8-16(9-11-32)19-7-6-18(12-17(19)14-35)30-26-29-13-20-24(31-26)33(2)15-34(25(20)36)23-21(27)4-3-5-22(23)28/h3-7,12-13,16,35H,8-11,14-15H2,1-2H3,(H,29,30,31). The van der Waals surface area contributed by atoms with Gasteiger partial charge in [0, 0.05) is 18.9 Å². The average Bonchev–Trinajstić information content (AvgIpc) is 2.87. The van der Waals surface area contributed by atoms with Crippen LogP contribution in [0.2, 0.25) is 10.0 Å². The molecule has 2 aromatic carbocycles.